The molecule has 2 N–H and O–H groups in total. The van der Waals surface area contributed by atoms with Crippen molar-refractivity contribution < 1.29 is 14.3 Å². The molecule has 0 saturated carbocycles. The number of nitrogens with one attached hydrogen (secondary N) is 2. The van der Waals surface area contributed by atoms with Crippen molar-refractivity contribution in [1.82, 2.24) is 5.32 Å². The lowest BCUT2D eigenvalue weighted by molar-refractivity contribution is -0.124. The highest BCUT2D eigenvalue weighted by Gasteiger charge is 2.10. The van der Waals surface area contributed by atoms with Crippen molar-refractivity contribution >= 4 is 40.7 Å². The Hall–Kier alpha value is -2.24. The summed E-state index contributed by atoms with van der Waals surface area (Å²) >= 11 is 11.9. The Morgan fingerprint density at radius 1 is 1.08 bits per heavy atom. The number of benzene rings is 2. The standard InChI is InChI=1S/C19H20Cl2N2O3/c1-12-3-7-17(26-2)16(9-12)23-19(25)11-22-18(24)8-5-13-4-6-14(20)10-15(13)21/h3-4,6-7,9-10H,5,8,11H2,1-2H3,(H,22,24)(H,23,25). The molecular weight excluding hydrogens is 375 g/mol. The minimum Gasteiger partial charge on any atom is -0.495 e. The predicted molar refractivity (Wildman–Crippen MR) is 104 cm³/mol. The van der Waals surface area contributed by atoms with Crippen molar-refractivity contribution in [2.75, 3.05) is 19.0 Å². The number of hydrogen-bond donors (Lipinski definition) is 2. The summed E-state index contributed by atoms with van der Waals surface area (Å²) in [6, 6.07) is 10.6. The summed E-state index contributed by atoms with van der Waals surface area (Å²) in [5.41, 5.74) is 2.39. The van der Waals surface area contributed by atoms with Crippen LogP contribution in [0.15, 0.2) is 36.4 Å². The van der Waals surface area contributed by atoms with Crippen LogP contribution in [0, 0.1) is 6.92 Å². The number of amides is 2. The highest BCUT2D eigenvalue weighted by atomic mass is 35.5. The van der Waals surface area contributed by atoms with Crippen LogP contribution < -0.4 is 15.4 Å². The van der Waals surface area contributed by atoms with Gasteiger partial charge >= 0.3 is 0 Å². The Morgan fingerprint density at radius 3 is 2.54 bits per heavy atom. The number of carbonyl (C=O) groups is 2. The number of ether oxygens (including phenoxy) is 1. The fourth-order valence-corrected chi connectivity index (χ4v) is 2.86. The molecule has 2 aromatic carbocycles. The number of methoxy groups -OCH3 is 1. The number of anilines is 1. The van der Waals surface area contributed by atoms with Crippen molar-refractivity contribution in [3.63, 3.8) is 0 Å². The molecule has 0 aliphatic carbocycles. The molecule has 0 heterocycles. The first-order valence-corrected chi connectivity index (χ1v) is 8.79. The molecule has 5 nitrogen and oxygen atoms in total. The van der Waals surface area contributed by atoms with Gasteiger partial charge in [-0.1, -0.05) is 35.3 Å². The molecule has 0 fully saturated rings. The first kappa shape index (κ1) is 20.1. The van der Waals surface area contributed by atoms with Gasteiger partial charge in [0.1, 0.15) is 5.75 Å². The highest BCUT2D eigenvalue weighted by molar-refractivity contribution is 6.35. The Kier molecular flexibility index (Phi) is 7.30. The first-order valence-electron chi connectivity index (χ1n) is 8.04. The average Bonchev–Trinajstić information content (AvgIpc) is 2.59. The van der Waals surface area contributed by atoms with Crippen LogP contribution in [-0.4, -0.2) is 25.5 Å². The lowest BCUT2D eigenvalue weighted by Crippen LogP contribution is -2.33. The van der Waals surface area contributed by atoms with Crippen LogP contribution >= 0.6 is 23.2 Å². The molecular formula is C19H20Cl2N2O3. The predicted octanol–water partition coefficient (Wildman–Crippen LogP) is 4.00. The van der Waals surface area contributed by atoms with Crippen molar-refractivity contribution in [3.05, 3.63) is 57.6 Å². The normalized spacial score (nSPS) is 10.3. The second-order valence-electron chi connectivity index (χ2n) is 5.76. The average molecular weight is 395 g/mol. The van der Waals surface area contributed by atoms with Crippen LogP contribution in [0.3, 0.4) is 0 Å². The van der Waals surface area contributed by atoms with Crippen LogP contribution in [0.25, 0.3) is 0 Å². The minimum atomic E-state index is -0.327. The van der Waals surface area contributed by atoms with Gasteiger partial charge in [0.05, 0.1) is 19.3 Å². The molecule has 0 spiro atoms. The van der Waals surface area contributed by atoms with E-state index < -0.39 is 0 Å². The highest BCUT2D eigenvalue weighted by Crippen LogP contribution is 2.25. The van der Waals surface area contributed by atoms with Gasteiger partial charge in [-0.25, -0.2) is 0 Å². The van der Waals surface area contributed by atoms with Gasteiger partial charge < -0.3 is 15.4 Å². The number of aryl methyl sites for hydroxylation is 2. The van der Waals surface area contributed by atoms with E-state index in [9.17, 15) is 9.59 Å². The van der Waals surface area contributed by atoms with E-state index in [1.54, 1.807) is 30.3 Å². The monoisotopic (exact) mass is 394 g/mol. The molecule has 0 atom stereocenters. The van der Waals surface area contributed by atoms with E-state index in [1.165, 1.54) is 7.11 Å². The second kappa shape index (κ2) is 9.46. The smallest absolute Gasteiger partial charge is 0.243 e. The first-order chi connectivity index (χ1) is 12.4. The summed E-state index contributed by atoms with van der Waals surface area (Å²) in [7, 11) is 1.53. The molecule has 0 saturated heterocycles. The molecule has 0 aliphatic heterocycles. The molecule has 0 aliphatic rings. The van der Waals surface area contributed by atoms with E-state index in [-0.39, 0.29) is 24.8 Å². The third-order valence-corrected chi connectivity index (χ3v) is 4.30. The summed E-state index contributed by atoms with van der Waals surface area (Å²) < 4.78 is 5.21. The Labute approximate surface area is 162 Å². The molecule has 138 valence electrons. The lowest BCUT2D eigenvalue weighted by Gasteiger charge is -2.11. The molecule has 2 amide bonds. The summed E-state index contributed by atoms with van der Waals surface area (Å²) in [5.74, 6) is 0.00167. The Morgan fingerprint density at radius 2 is 1.85 bits per heavy atom. The zero-order valence-electron chi connectivity index (χ0n) is 14.6. The van der Waals surface area contributed by atoms with E-state index in [0.29, 0.717) is 27.9 Å². The lowest BCUT2D eigenvalue weighted by atomic mass is 10.1. The minimum absolute atomic E-state index is 0.121. The van der Waals surface area contributed by atoms with Gasteiger partial charge in [0.2, 0.25) is 11.8 Å². The largest absolute Gasteiger partial charge is 0.495 e. The van der Waals surface area contributed by atoms with Crippen molar-refractivity contribution in [1.29, 1.82) is 0 Å². The van der Waals surface area contributed by atoms with Crippen LogP contribution in [0.1, 0.15) is 17.5 Å². The van der Waals surface area contributed by atoms with Crippen LogP contribution in [-0.2, 0) is 16.0 Å². The van der Waals surface area contributed by atoms with Crippen LogP contribution in [0.5, 0.6) is 5.75 Å². The number of hydrogen-bond acceptors (Lipinski definition) is 3. The van der Waals surface area contributed by atoms with Gasteiger partial charge in [-0.2, -0.15) is 0 Å². The van der Waals surface area contributed by atoms with Crippen LogP contribution in [0.2, 0.25) is 10.0 Å². The molecule has 2 rings (SSSR count). The van der Waals surface area contributed by atoms with Gasteiger partial charge in [-0.05, 0) is 48.7 Å². The molecule has 2 aromatic rings. The van der Waals surface area contributed by atoms with E-state index in [4.69, 9.17) is 27.9 Å². The topological polar surface area (TPSA) is 67.4 Å². The van der Waals surface area contributed by atoms with E-state index in [0.717, 1.165) is 11.1 Å². The van der Waals surface area contributed by atoms with Gasteiger partial charge in [-0.3, -0.25) is 9.59 Å². The maximum absolute atomic E-state index is 12.0. The second-order valence-corrected chi connectivity index (χ2v) is 6.61. The molecule has 0 bridgehead atoms. The van der Waals surface area contributed by atoms with Gasteiger partial charge in [-0.15, -0.1) is 0 Å². The Balaban J connectivity index is 1.81. The summed E-state index contributed by atoms with van der Waals surface area (Å²) in [6.45, 7) is 1.79. The molecule has 7 heteroatoms. The van der Waals surface area contributed by atoms with Crippen molar-refractivity contribution in [2.24, 2.45) is 0 Å². The van der Waals surface area contributed by atoms with Crippen molar-refractivity contribution in [2.45, 2.75) is 19.8 Å². The SMILES string of the molecule is COc1ccc(C)cc1NC(=O)CNC(=O)CCc1ccc(Cl)cc1Cl. The maximum atomic E-state index is 12.0. The van der Waals surface area contributed by atoms with E-state index in [1.807, 2.05) is 13.0 Å². The fourth-order valence-electron chi connectivity index (χ4n) is 2.35. The Bertz CT molecular complexity index is 809. The summed E-state index contributed by atoms with van der Waals surface area (Å²) in [6.07, 6.45) is 0.692. The van der Waals surface area contributed by atoms with Crippen molar-refractivity contribution in [3.8, 4) is 5.75 Å². The summed E-state index contributed by atoms with van der Waals surface area (Å²) in [4.78, 5) is 24.0. The van der Waals surface area contributed by atoms with E-state index >= 15 is 0 Å². The molecule has 26 heavy (non-hydrogen) atoms. The number of halogens is 2. The molecule has 0 aromatic heterocycles. The number of rotatable bonds is 7. The third-order valence-electron chi connectivity index (χ3n) is 3.71. The van der Waals surface area contributed by atoms with Gasteiger partial charge in [0, 0.05) is 16.5 Å². The molecule has 0 unspecified atom stereocenters. The number of carbonyl (C=O) groups excluding carboxylic acids is 2. The van der Waals surface area contributed by atoms with Gasteiger partial charge in [0.25, 0.3) is 0 Å². The quantitative estimate of drug-likeness (QED) is 0.745. The van der Waals surface area contributed by atoms with E-state index in [2.05, 4.69) is 10.6 Å². The van der Waals surface area contributed by atoms with Gasteiger partial charge in [0.15, 0.2) is 0 Å². The zero-order valence-corrected chi connectivity index (χ0v) is 16.1. The zero-order chi connectivity index (χ0) is 19.1. The van der Waals surface area contributed by atoms with Crippen LogP contribution in [0.4, 0.5) is 5.69 Å². The maximum Gasteiger partial charge on any atom is 0.243 e. The molecule has 0 radical (unpaired) electrons. The summed E-state index contributed by atoms with van der Waals surface area (Å²) in [5, 5.41) is 6.40. The fraction of sp³-hybridized carbons (Fsp3) is 0.263. The third kappa shape index (κ3) is 5.93.